The van der Waals surface area contributed by atoms with Gasteiger partial charge in [0.2, 0.25) is 0 Å². The summed E-state index contributed by atoms with van der Waals surface area (Å²) < 4.78 is 1.47. The molecular formula is C12H15N5OS. The Kier molecular flexibility index (Phi) is 2.98. The average Bonchev–Trinajstić information content (AvgIpc) is 2.92. The largest absolute Gasteiger partial charge is 0.396 e. The van der Waals surface area contributed by atoms with Gasteiger partial charge in [0, 0.05) is 11.9 Å². The number of hydrogen-bond acceptors (Lipinski definition) is 5. The van der Waals surface area contributed by atoms with Crippen LogP contribution in [0.4, 0.5) is 10.8 Å². The number of thiazole rings is 1. The van der Waals surface area contributed by atoms with E-state index in [4.69, 9.17) is 5.73 Å². The standard InChI is InChI=1S/C12H15N5OS/c1-17-10(7(13)6-14-17)11(18)16-12-15-8-4-2-3-5-9(8)19-12/h6H,2-5,13H2,1H3,(H,15,16,18). The molecule has 3 N–H and O–H groups in total. The van der Waals surface area contributed by atoms with E-state index in [0.29, 0.717) is 16.5 Å². The molecule has 1 amide bonds. The summed E-state index contributed by atoms with van der Waals surface area (Å²) in [6, 6.07) is 0. The minimum absolute atomic E-state index is 0.261. The highest BCUT2D eigenvalue weighted by Crippen LogP contribution is 2.29. The lowest BCUT2D eigenvalue weighted by atomic mass is 10.0. The Hall–Kier alpha value is -1.89. The van der Waals surface area contributed by atoms with Crippen LogP contribution in [0.1, 0.15) is 33.9 Å². The first-order chi connectivity index (χ1) is 9.15. The van der Waals surface area contributed by atoms with Crippen molar-refractivity contribution in [1.82, 2.24) is 14.8 Å². The van der Waals surface area contributed by atoms with Crippen molar-refractivity contribution >= 4 is 28.1 Å². The van der Waals surface area contributed by atoms with Crippen molar-refractivity contribution in [2.75, 3.05) is 11.1 Å². The average molecular weight is 277 g/mol. The number of aromatic nitrogens is 3. The van der Waals surface area contributed by atoms with E-state index in [2.05, 4.69) is 15.4 Å². The van der Waals surface area contributed by atoms with Crippen LogP contribution in [0, 0.1) is 0 Å². The van der Waals surface area contributed by atoms with Crippen LogP contribution < -0.4 is 11.1 Å². The molecule has 6 nitrogen and oxygen atoms in total. The highest BCUT2D eigenvalue weighted by Gasteiger charge is 2.19. The number of nitrogens with zero attached hydrogens (tertiary/aromatic N) is 3. The molecular weight excluding hydrogens is 262 g/mol. The number of rotatable bonds is 2. The highest BCUT2D eigenvalue weighted by molar-refractivity contribution is 7.15. The van der Waals surface area contributed by atoms with E-state index in [9.17, 15) is 4.79 Å². The third-order valence-electron chi connectivity index (χ3n) is 3.25. The number of amides is 1. The number of nitrogen functional groups attached to an aromatic ring is 1. The molecule has 0 aliphatic heterocycles. The van der Waals surface area contributed by atoms with Crippen molar-refractivity contribution in [3.63, 3.8) is 0 Å². The summed E-state index contributed by atoms with van der Waals surface area (Å²) in [6.07, 6.45) is 5.93. The van der Waals surface area contributed by atoms with E-state index in [-0.39, 0.29) is 5.91 Å². The summed E-state index contributed by atoms with van der Waals surface area (Å²) in [4.78, 5) is 17.9. The van der Waals surface area contributed by atoms with Gasteiger partial charge in [0.25, 0.3) is 5.91 Å². The van der Waals surface area contributed by atoms with Gasteiger partial charge in [0.1, 0.15) is 5.69 Å². The van der Waals surface area contributed by atoms with Gasteiger partial charge in [-0.1, -0.05) is 0 Å². The van der Waals surface area contributed by atoms with Crippen LogP contribution in [0.3, 0.4) is 0 Å². The van der Waals surface area contributed by atoms with Gasteiger partial charge >= 0.3 is 0 Å². The van der Waals surface area contributed by atoms with Crippen LogP contribution in [0.2, 0.25) is 0 Å². The molecule has 0 spiro atoms. The molecule has 2 aromatic heterocycles. The molecule has 0 bridgehead atoms. The van der Waals surface area contributed by atoms with E-state index in [1.165, 1.54) is 28.6 Å². The topological polar surface area (TPSA) is 85.8 Å². The van der Waals surface area contributed by atoms with Crippen molar-refractivity contribution < 1.29 is 4.79 Å². The molecule has 2 aromatic rings. The third-order valence-corrected chi connectivity index (χ3v) is 4.32. The number of nitrogens with two attached hydrogens (primary N) is 1. The molecule has 0 fully saturated rings. The lowest BCUT2D eigenvalue weighted by Gasteiger charge is -2.06. The van der Waals surface area contributed by atoms with Crippen molar-refractivity contribution in [3.05, 3.63) is 22.5 Å². The Morgan fingerprint density at radius 1 is 1.47 bits per heavy atom. The zero-order valence-corrected chi connectivity index (χ0v) is 11.5. The summed E-state index contributed by atoms with van der Waals surface area (Å²) >= 11 is 1.56. The van der Waals surface area contributed by atoms with Gasteiger partial charge in [-0.15, -0.1) is 11.3 Å². The molecule has 1 aliphatic rings. The van der Waals surface area contributed by atoms with Crippen molar-refractivity contribution in [3.8, 4) is 0 Å². The van der Waals surface area contributed by atoms with Gasteiger partial charge in [-0.2, -0.15) is 5.10 Å². The number of anilines is 2. The normalized spacial score (nSPS) is 14.2. The number of fused-ring (bicyclic) bond motifs is 1. The molecule has 3 rings (SSSR count). The van der Waals surface area contributed by atoms with Crippen LogP contribution >= 0.6 is 11.3 Å². The summed E-state index contributed by atoms with van der Waals surface area (Å²) in [5, 5.41) is 7.42. The molecule has 0 radical (unpaired) electrons. The summed E-state index contributed by atoms with van der Waals surface area (Å²) in [5.74, 6) is -0.261. The summed E-state index contributed by atoms with van der Waals surface area (Å²) in [6.45, 7) is 0. The minimum Gasteiger partial charge on any atom is -0.396 e. The van der Waals surface area contributed by atoms with E-state index in [0.717, 1.165) is 18.5 Å². The molecule has 100 valence electrons. The Morgan fingerprint density at radius 2 is 2.26 bits per heavy atom. The Bertz CT molecular complexity index is 587. The number of hydrogen-bond donors (Lipinski definition) is 2. The van der Waals surface area contributed by atoms with Crippen LogP contribution in [0.15, 0.2) is 6.20 Å². The zero-order valence-electron chi connectivity index (χ0n) is 10.6. The first-order valence-electron chi connectivity index (χ1n) is 6.22. The molecule has 1 aliphatic carbocycles. The molecule has 19 heavy (non-hydrogen) atoms. The fraction of sp³-hybridized carbons (Fsp3) is 0.417. The van der Waals surface area contributed by atoms with Gasteiger partial charge in [-0.05, 0) is 25.7 Å². The highest BCUT2D eigenvalue weighted by atomic mass is 32.1. The van der Waals surface area contributed by atoms with E-state index in [1.807, 2.05) is 0 Å². The Labute approximate surface area is 114 Å². The van der Waals surface area contributed by atoms with Crippen LogP contribution in [-0.4, -0.2) is 20.7 Å². The Morgan fingerprint density at radius 3 is 2.95 bits per heavy atom. The molecule has 0 unspecified atom stereocenters. The minimum atomic E-state index is -0.261. The van der Waals surface area contributed by atoms with Crippen LogP contribution in [-0.2, 0) is 19.9 Å². The fourth-order valence-corrected chi connectivity index (χ4v) is 3.34. The predicted molar refractivity (Wildman–Crippen MR) is 74.3 cm³/mol. The van der Waals surface area contributed by atoms with Crippen molar-refractivity contribution in [2.24, 2.45) is 7.05 Å². The van der Waals surface area contributed by atoms with E-state index in [1.54, 1.807) is 18.4 Å². The van der Waals surface area contributed by atoms with Crippen molar-refractivity contribution in [1.29, 1.82) is 0 Å². The third kappa shape index (κ3) is 2.21. The van der Waals surface area contributed by atoms with Gasteiger partial charge in [0.05, 0.1) is 17.6 Å². The van der Waals surface area contributed by atoms with E-state index >= 15 is 0 Å². The second-order valence-corrected chi connectivity index (χ2v) is 5.71. The fourth-order valence-electron chi connectivity index (χ4n) is 2.29. The maximum Gasteiger partial charge on any atom is 0.277 e. The number of aryl methyl sites for hydroxylation is 3. The lowest BCUT2D eigenvalue weighted by molar-refractivity contribution is 0.101. The summed E-state index contributed by atoms with van der Waals surface area (Å²) in [7, 11) is 1.69. The monoisotopic (exact) mass is 277 g/mol. The van der Waals surface area contributed by atoms with Crippen molar-refractivity contribution in [2.45, 2.75) is 25.7 Å². The molecule has 2 heterocycles. The number of nitrogens with one attached hydrogen (secondary N) is 1. The lowest BCUT2D eigenvalue weighted by Crippen LogP contribution is -2.17. The van der Waals surface area contributed by atoms with Gasteiger partial charge < -0.3 is 5.73 Å². The first-order valence-corrected chi connectivity index (χ1v) is 7.04. The van der Waals surface area contributed by atoms with Gasteiger partial charge in [-0.3, -0.25) is 14.8 Å². The zero-order chi connectivity index (χ0) is 13.4. The quantitative estimate of drug-likeness (QED) is 0.872. The molecule has 7 heteroatoms. The smallest absolute Gasteiger partial charge is 0.277 e. The maximum atomic E-state index is 12.1. The van der Waals surface area contributed by atoms with Crippen LogP contribution in [0.25, 0.3) is 0 Å². The SMILES string of the molecule is Cn1ncc(N)c1C(=O)Nc1nc2c(s1)CCCC2. The molecule has 0 aromatic carbocycles. The Balaban J connectivity index is 1.82. The second-order valence-electron chi connectivity index (χ2n) is 4.62. The molecule has 0 saturated heterocycles. The van der Waals surface area contributed by atoms with Crippen LogP contribution in [0.5, 0.6) is 0 Å². The molecule has 0 saturated carbocycles. The predicted octanol–water partition coefficient (Wildman–Crippen LogP) is 1.59. The summed E-state index contributed by atoms with van der Waals surface area (Å²) in [5.41, 5.74) is 7.61. The van der Waals surface area contributed by atoms with E-state index < -0.39 is 0 Å². The van der Waals surface area contributed by atoms with Gasteiger partial charge in [0.15, 0.2) is 5.13 Å². The molecule has 0 atom stereocenters. The first kappa shape index (κ1) is 12.2. The number of carbonyl (C=O) groups excluding carboxylic acids is 1. The maximum absolute atomic E-state index is 12.1. The number of carbonyl (C=O) groups is 1. The second kappa shape index (κ2) is 4.65. The van der Waals surface area contributed by atoms with Gasteiger partial charge in [-0.25, -0.2) is 4.98 Å².